The number of nitrogens with zero attached hydrogens (tertiary/aromatic N) is 2. The van der Waals surface area contributed by atoms with E-state index in [1.54, 1.807) is 31.2 Å². The topological polar surface area (TPSA) is 86.5 Å². The molecule has 0 fully saturated rings. The Morgan fingerprint density at radius 3 is 2.59 bits per heavy atom. The van der Waals surface area contributed by atoms with Gasteiger partial charge in [0.05, 0.1) is 12.1 Å². The second-order valence-electron chi connectivity index (χ2n) is 5.93. The molecule has 2 aromatic carbocycles. The van der Waals surface area contributed by atoms with Crippen LogP contribution >= 0.6 is 0 Å². The van der Waals surface area contributed by atoms with E-state index in [4.69, 9.17) is 14.0 Å². The Balaban J connectivity index is 1.51. The molecule has 1 amide bonds. The lowest BCUT2D eigenvalue weighted by atomic mass is 10.2. The number of ether oxygens (including phenoxy) is 2. The number of nitrogens with one attached hydrogen (secondary N) is 1. The zero-order valence-electron chi connectivity index (χ0n) is 15.3. The average Bonchev–Trinajstić information content (AvgIpc) is 3.10. The minimum Gasteiger partial charge on any atom is -0.492 e. The van der Waals surface area contributed by atoms with Gasteiger partial charge in [0.2, 0.25) is 11.7 Å². The number of aryl methyl sites for hydroxylation is 2. The third-order valence-corrected chi connectivity index (χ3v) is 3.74. The number of para-hydroxylation sites is 1. The van der Waals surface area contributed by atoms with Gasteiger partial charge in [-0.2, -0.15) is 4.98 Å². The molecule has 0 unspecified atom stereocenters. The van der Waals surface area contributed by atoms with Crippen molar-refractivity contribution in [1.82, 2.24) is 15.5 Å². The molecule has 3 rings (SSSR count). The first-order valence-corrected chi connectivity index (χ1v) is 8.60. The van der Waals surface area contributed by atoms with Gasteiger partial charge in [0.15, 0.2) is 6.61 Å². The van der Waals surface area contributed by atoms with E-state index in [-0.39, 0.29) is 12.5 Å². The molecule has 0 bridgehead atoms. The van der Waals surface area contributed by atoms with Crippen LogP contribution < -0.4 is 14.8 Å². The molecule has 0 aliphatic rings. The number of amides is 1. The number of carbonyl (C=O) groups excluding carboxylic acids is 1. The van der Waals surface area contributed by atoms with Gasteiger partial charge in [-0.15, -0.1) is 0 Å². The summed E-state index contributed by atoms with van der Waals surface area (Å²) in [6.07, 6.45) is 0. The lowest BCUT2D eigenvalue weighted by Gasteiger charge is -2.11. The molecule has 0 spiro atoms. The summed E-state index contributed by atoms with van der Waals surface area (Å²) in [6, 6.07) is 14.8. The molecule has 1 aromatic heterocycles. The number of hydrogen-bond acceptors (Lipinski definition) is 6. The van der Waals surface area contributed by atoms with Crippen molar-refractivity contribution in [3.05, 3.63) is 71.4 Å². The molecule has 0 saturated carbocycles. The Hall–Kier alpha value is -3.35. The molecule has 0 radical (unpaired) electrons. The van der Waals surface area contributed by atoms with Crippen LogP contribution in [0.15, 0.2) is 53.1 Å². The van der Waals surface area contributed by atoms with E-state index in [9.17, 15) is 4.79 Å². The molecule has 0 atom stereocenters. The van der Waals surface area contributed by atoms with Gasteiger partial charge in [-0.05, 0) is 31.2 Å². The largest absolute Gasteiger partial charge is 0.492 e. The molecular weight excluding hydrogens is 346 g/mol. The van der Waals surface area contributed by atoms with E-state index in [0.717, 1.165) is 5.75 Å². The summed E-state index contributed by atoms with van der Waals surface area (Å²) in [4.78, 5) is 16.5. The normalized spacial score (nSPS) is 10.4. The fourth-order valence-corrected chi connectivity index (χ4v) is 2.39. The van der Waals surface area contributed by atoms with Gasteiger partial charge < -0.3 is 19.3 Å². The van der Waals surface area contributed by atoms with Gasteiger partial charge in [-0.1, -0.05) is 35.0 Å². The Labute approximate surface area is 157 Å². The van der Waals surface area contributed by atoms with Crippen LogP contribution in [0.4, 0.5) is 0 Å². The van der Waals surface area contributed by atoms with Crippen molar-refractivity contribution in [1.29, 1.82) is 0 Å². The van der Waals surface area contributed by atoms with Crippen molar-refractivity contribution < 1.29 is 18.8 Å². The SMILES string of the molecule is Cc1ccc(OCCNC(=O)c2ccccc2OCc2noc(C)n2)cc1. The number of aromatic nitrogens is 2. The standard InChI is InChI=1S/C20H21N3O4/c1-14-7-9-16(10-8-14)25-12-11-21-20(24)17-5-3-4-6-18(17)26-13-19-22-15(2)27-23-19/h3-10H,11-13H2,1-2H3,(H,21,24). The fourth-order valence-electron chi connectivity index (χ4n) is 2.39. The van der Waals surface area contributed by atoms with Crippen LogP contribution in [0.1, 0.15) is 27.6 Å². The smallest absolute Gasteiger partial charge is 0.255 e. The molecule has 1 N–H and O–H groups in total. The monoisotopic (exact) mass is 367 g/mol. The first-order valence-electron chi connectivity index (χ1n) is 8.60. The van der Waals surface area contributed by atoms with Crippen molar-refractivity contribution in [2.24, 2.45) is 0 Å². The van der Waals surface area contributed by atoms with E-state index in [1.807, 2.05) is 31.2 Å². The molecule has 140 valence electrons. The Morgan fingerprint density at radius 1 is 1.07 bits per heavy atom. The van der Waals surface area contributed by atoms with Crippen LogP contribution in [-0.2, 0) is 6.61 Å². The molecule has 3 aromatic rings. The zero-order valence-corrected chi connectivity index (χ0v) is 15.3. The van der Waals surface area contributed by atoms with Crippen LogP contribution in [0.25, 0.3) is 0 Å². The lowest BCUT2D eigenvalue weighted by molar-refractivity contribution is 0.0942. The lowest BCUT2D eigenvalue weighted by Crippen LogP contribution is -2.28. The molecule has 0 saturated heterocycles. The summed E-state index contributed by atoms with van der Waals surface area (Å²) in [5.41, 5.74) is 1.61. The average molecular weight is 367 g/mol. The Morgan fingerprint density at radius 2 is 1.85 bits per heavy atom. The first-order chi connectivity index (χ1) is 13.1. The Bertz CT molecular complexity index is 890. The molecule has 1 heterocycles. The summed E-state index contributed by atoms with van der Waals surface area (Å²) in [7, 11) is 0. The van der Waals surface area contributed by atoms with Gasteiger partial charge >= 0.3 is 0 Å². The van der Waals surface area contributed by atoms with Crippen LogP contribution in [0.2, 0.25) is 0 Å². The zero-order chi connectivity index (χ0) is 19.1. The maximum atomic E-state index is 12.4. The summed E-state index contributed by atoms with van der Waals surface area (Å²) >= 11 is 0. The number of benzene rings is 2. The maximum absolute atomic E-state index is 12.4. The minimum absolute atomic E-state index is 0.123. The first kappa shape index (κ1) is 18.4. The van der Waals surface area contributed by atoms with E-state index in [0.29, 0.717) is 36.2 Å². The highest BCUT2D eigenvalue weighted by molar-refractivity contribution is 5.96. The molecule has 0 aliphatic heterocycles. The van der Waals surface area contributed by atoms with Crippen molar-refractivity contribution in [2.45, 2.75) is 20.5 Å². The van der Waals surface area contributed by atoms with Crippen molar-refractivity contribution >= 4 is 5.91 Å². The highest BCUT2D eigenvalue weighted by Crippen LogP contribution is 2.19. The van der Waals surface area contributed by atoms with Crippen molar-refractivity contribution in [2.75, 3.05) is 13.2 Å². The van der Waals surface area contributed by atoms with Gasteiger partial charge in [-0.25, -0.2) is 0 Å². The second kappa shape index (κ2) is 8.84. The summed E-state index contributed by atoms with van der Waals surface area (Å²) in [5, 5.41) is 6.60. The van der Waals surface area contributed by atoms with Gasteiger partial charge in [0, 0.05) is 6.92 Å². The van der Waals surface area contributed by atoms with Crippen molar-refractivity contribution in [3.63, 3.8) is 0 Å². The third-order valence-electron chi connectivity index (χ3n) is 3.74. The fraction of sp³-hybridized carbons (Fsp3) is 0.250. The summed E-state index contributed by atoms with van der Waals surface area (Å²) in [6.45, 7) is 4.60. The molecule has 7 heteroatoms. The van der Waals surface area contributed by atoms with Crippen LogP contribution in [-0.4, -0.2) is 29.2 Å². The molecular formula is C20H21N3O4. The summed E-state index contributed by atoms with van der Waals surface area (Å²) in [5.74, 6) is 1.88. The minimum atomic E-state index is -0.234. The number of carbonyl (C=O) groups is 1. The molecule has 0 aliphatic carbocycles. The van der Waals surface area contributed by atoms with E-state index in [1.165, 1.54) is 5.56 Å². The maximum Gasteiger partial charge on any atom is 0.255 e. The van der Waals surface area contributed by atoms with Crippen LogP contribution in [0.5, 0.6) is 11.5 Å². The predicted molar refractivity (Wildman–Crippen MR) is 98.8 cm³/mol. The molecule has 7 nitrogen and oxygen atoms in total. The highest BCUT2D eigenvalue weighted by Gasteiger charge is 2.13. The summed E-state index contributed by atoms with van der Waals surface area (Å²) < 4.78 is 16.2. The highest BCUT2D eigenvalue weighted by atomic mass is 16.5. The van der Waals surface area contributed by atoms with Gasteiger partial charge in [-0.3, -0.25) is 4.79 Å². The molecule has 27 heavy (non-hydrogen) atoms. The third kappa shape index (κ3) is 5.31. The van der Waals surface area contributed by atoms with E-state index in [2.05, 4.69) is 15.5 Å². The second-order valence-corrected chi connectivity index (χ2v) is 5.93. The quantitative estimate of drug-likeness (QED) is 0.616. The van der Waals surface area contributed by atoms with Crippen LogP contribution in [0, 0.1) is 13.8 Å². The number of rotatable bonds is 8. The van der Waals surface area contributed by atoms with Gasteiger partial charge in [0.1, 0.15) is 18.1 Å². The van der Waals surface area contributed by atoms with E-state index >= 15 is 0 Å². The van der Waals surface area contributed by atoms with Gasteiger partial charge in [0.25, 0.3) is 5.91 Å². The Kier molecular flexibility index (Phi) is 6.04. The van der Waals surface area contributed by atoms with Crippen molar-refractivity contribution in [3.8, 4) is 11.5 Å². The number of hydrogen-bond donors (Lipinski definition) is 1. The van der Waals surface area contributed by atoms with E-state index < -0.39 is 0 Å². The van der Waals surface area contributed by atoms with Crippen LogP contribution in [0.3, 0.4) is 0 Å². The predicted octanol–water partition coefficient (Wildman–Crippen LogP) is 3.07.